The molecule has 0 unspecified atom stereocenters. The van der Waals surface area contributed by atoms with Gasteiger partial charge in [0.1, 0.15) is 5.75 Å². The summed E-state index contributed by atoms with van der Waals surface area (Å²) in [6.07, 6.45) is 3.16. The van der Waals surface area contributed by atoms with Crippen LogP contribution in [0, 0.1) is 5.92 Å². The molecule has 0 radical (unpaired) electrons. The largest absolute Gasteiger partial charge is 0.493 e. The fourth-order valence-corrected chi connectivity index (χ4v) is 3.06. The zero-order chi connectivity index (χ0) is 17.9. The summed E-state index contributed by atoms with van der Waals surface area (Å²) in [5, 5.41) is 10.0. The van der Waals surface area contributed by atoms with Crippen LogP contribution in [0.2, 0.25) is 0 Å². The van der Waals surface area contributed by atoms with Gasteiger partial charge in [0.15, 0.2) is 0 Å². The molecule has 4 rings (SSSR count). The molecule has 5 heteroatoms. The first kappa shape index (κ1) is 19.2. The number of pyridine rings is 1. The molecule has 27 heavy (non-hydrogen) atoms. The van der Waals surface area contributed by atoms with Gasteiger partial charge < -0.3 is 9.84 Å². The Bertz CT molecular complexity index is 936. The van der Waals surface area contributed by atoms with Crippen LogP contribution in [-0.4, -0.2) is 22.7 Å². The molecular formula is C22H22ClNO3. The highest BCUT2D eigenvalue weighted by atomic mass is 35.5. The quantitative estimate of drug-likeness (QED) is 0.614. The number of aromatic nitrogens is 1. The van der Waals surface area contributed by atoms with Crippen LogP contribution in [0.4, 0.5) is 0 Å². The van der Waals surface area contributed by atoms with E-state index < -0.39 is 5.97 Å². The van der Waals surface area contributed by atoms with E-state index >= 15 is 0 Å². The summed E-state index contributed by atoms with van der Waals surface area (Å²) >= 11 is 0. The van der Waals surface area contributed by atoms with Crippen molar-refractivity contribution in [3.63, 3.8) is 0 Å². The number of carbonyl (C=O) groups is 1. The van der Waals surface area contributed by atoms with E-state index in [4.69, 9.17) is 14.8 Å². The van der Waals surface area contributed by atoms with Crippen LogP contribution < -0.4 is 4.74 Å². The molecule has 1 aliphatic rings. The van der Waals surface area contributed by atoms with E-state index in [-0.39, 0.29) is 18.8 Å². The van der Waals surface area contributed by atoms with Gasteiger partial charge in [0, 0.05) is 17.4 Å². The zero-order valence-electron chi connectivity index (χ0n) is 14.9. The Labute approximate surface area is 164 Å². The predicted molar refractivity (Wildman–Crippen MR) is 109 cm³/mol. The predicted octanol–water partition coefficient (Wildman–Crippen LogP) is 5.13. The van der Waals surface area contributed by atoms with Gasteiger partial charge in [-0.25, -0.2) is 4.98 Å². The first-order valence-corrected chi connectivity index (χ1v) is 9.03. The number of aryl methyl sites for hydroxylation is 1. The second-order valence-corrected chi connectivity index (χ2v) is 6.86. The molecule has 0 atom stereocenters. The third kappa shape index (κ3) is 4.77. The van der Waals surface area contributed by atoms with Crippen LogP contribution in [0.3, 0.4) is 0 Å². The van der Waals surface area contributed by atoms with E-state index in [9.17, 15) is 4.79 Å². The molecule has 1 saturated carbocycles. The van der Waals surface area contributed by atoms with Crippen molar-refractivity contribution in [3.8, 4) is 17.0 Å². The van der Waals surface area contributed by atoms with Crippen LogP contribution in [0.5, 0.6) is 5.75 Å². The number of benzene rings is 2. The first-order chi connectivity index (χ1) is 12.7. The van der Waals surface area contributed by atoms with Gasteiger partial charge in [0.2, 0.25) is 0 Å². The molecule has 0 bridgehead atoms. The molecule has 140 valence electrons. The number of halogens is 1. The molecule has 2 aromatic carbocycles. The van der Waals surface area contributed by atoms with Gasteiger partial charge in [-0.15, -0.1) is 12.4 Å². The normalized spacial score (nSPS) is 13.2. The number of para-hydroxylation sites is 1. The summed E-state index contributed by atoms with van der Waals surface area (Å²) in [6.45, 7) is 0.799. The Kier molecular flexibility index (Phi) is 5.97. The minimum Gasteiger partial charge on any atom is -0.493 e. The Morgan fingerprint density at radius 1 is 1.11 bits per heavy atom. The van der Waals surface area contributed by atoms with Crippen molar-refractivity contribution in [2.24, 2.45) is 5.92 Å². The van der Waals surface area contributed by atoms with Crippen molar-refractivity contribution < 1.29 is 14.6 Å². The fraction of sp³-hybridized carbons (Fsp3) is 0.273. The number of carboxylic acids is 1. The number of nitrogens with zero attached hydrogens (tertiary/aromatic N) is 1. The van der Waals surface area contributed by atoms with E-state index in [0.717, 1.165) is 46.0 Å². The van der Waals surface area contributed by atoms with Crippen molar-refractivity contribution in [2.45, 2.75) is 25.7 Å². The number of rotatable bonds is 7. The molecular weight excluding hydrogens is 362 g/mol. The third-order valence-corrected chi connectivity index (χ3v) is 4.74. The minimum atomic E-state index is -0.787. The molecule has 0 aliphatic heterocycles. The number of hydrogen-bond donors (Lipinski definition) is 1. The summed E-state index contributed by atoms with van der Waals surface area (Å²) in [5.74, 6) is 0.825. The average Bonchev–Trinajstić information content (AvgIpc) is 3.49. The average molecular weight is 384 g/mol. The second kappa shape index (κ2) is 8.40. The molecule has 0 spiro atoms. The van der Waals surface area contributed by atoms with Gasteiger partial charge in [-0.3, -0.25) is 4.79 Å². The standard InChI is InChI=1S/C22H21NO3.ClH/c24-22(25)12-9-17-13-21(23-20-4-2-1-3-19(17)20)16-7-10-18(11-8-16)26-14-15-5-6-15;/h1-4,7-8,10-11,13,15H,5-6,9,12,14H2,(H,24,25);1H. The van der Waals surface area contributed by atoms with Gasteiger partial charge in [0.05, 0.1) is 17.8 Å². The molecule has 1 aliphatic carbocycles. The number of carboxylic acid groups (broad SMARTS) is 1. The minimum absolute atomic E-state index is 0. The number of hydrogen-bond acceptors (Lipinski definition) is 3. The van der Waals surface area contributed by atoms with E-state index in [0.29, 0.717) is 6.42 Å². The highest BCUT2D eigenvalue weighted by Gasteiger charge is 2.21. The Morgan fingerprint density at radius 2 is 1.85 bits per heavy atom. The maximum Gasteiger partial charge on any atom is 0.303 e. The van der Waals surface area contributed by atoms with Gasteiger partial charge >= 0.3 is 5.97 Å². The van der Waals surface area contributed by atoms with Gasteiger partial charge in [-0.05, 0) is 67.1 Å². The van der Waals surface area contributed by atoms with Crippen molar-refractivity contribution in [1.82, 2.24) is 4.98 Å². The number of ether oxygens (including phenoxy) is 1. The lowest BCUT2D eigenvalue weighted by molar-refractivity contribution is -0.136. The first-order valence-electron chi connectivity index (χ1n) is 9.03. The van der Waals surface area contributed by atoms with Crippen LogP contribution in [0.25, 0.3) is 22.2 Å². The smallest absolute Gasteiger partial charge is 0.303 e. The molecule has 1 fully saturated rings. The molecule has 4 nitrogen and oxygen atoms in total. The molecule has 0 saturated heterocycles. The van der Waals surface area contributed by atoms with Crippen LogP contribution >= 0.6 is 12.4 Å². The molecule has 1 N–H and O–H groups in total. The lowest BCUT2D eigenvalue weighted by atomic mass is 10.0. The van der Waals surface area contributed by atoms with Crippen molar-refractivity contribution in [1.29, 1.82) is 0 Å². The summed E-state index contributed by atoms with van der Waals surface area (Å²) in [7, 11) is 0. The topological polar surface area (TPSA) is 59.4 Å². The van der Waals surface area contributed by atoms with Crippen LogP contribution in [0.1, 0.15) is 24.8 Å². The van der Waals surface area contributed by atoms with Crippen LogP contribution in [0.15, 0.2) is 54.6 Å². The Morgan fingerprint density at radius 3 is 2.56 bits per heavy atom. The van der Waals surface area contributed by atoms with Gasteiger partial charge in [-0.1, -0.05) is 18.2 Å². The summed E-state index contributed by atoms with van der Waals surface area (Å²) < 4.78 is 5.79. The Balaban J connectivity index is 0.00000210. The van der Waals surface area contributed by atoms with Crippen LogP contribution in [-0.2, 0) is 11.2 Å². The summed E-state index contributed by atoms with van der Waals surface area (Å²) in [5.41, 5.74) is 3.77. The highest BCUT2D eigenvalue weighted by molar-refractivity contribution is 5.86. The van der Waals surface area contributed by atoms with Gasteiger partial charge in [0.25, 0.3) is 0 Å². The van der Waals surface area contributed by atoms with E-state index in [1.807, 2.05) is 54.6 Å². The maximum absolute atomic E-state index is 11.0. The summed E-state index contributed by atoms with van der Waals surface area (Å²) in [6, 6.07) is 17.9. The maximum atomic E-state index is 11.0. The third-order valence-electron chi connectivity index (χ3n) is 4.74. The van der Waals surface area contributed by atoms with E-state index in [1.54, 1.807) is 0 Å². The van der Waals surface area contributed by atoms with Crippen molar-refractivity contribution in [2.75, 3.05) is 6.61 Å². The van der Waals surface area contributed by atoms with E-state index in [2.05, 4.69) is 0 Å². The molecule has 0 amide bonds. The molecule has 3 aromatic rings. The lowest BCUT2D eigenvalue weighted by Crippen LogP contribution is -2.00. The molecule has 1 aromatic heterocycles. The Hall–Kier alpha value is -2.59. The lowest BCUT2D eigenvalue weighted by Gasteiger charge is -2.10. The SMILES string of the molecule is Cl.O=C(O)CCc1cc(-c2ccc(OCC3CC3)cc2)nc2ccccc12. The molecule has 1 heterocycles. The van der Waals surface area contributed by atoms with Gasteiger partial charge in [-0.2, -0.15) is 0 Å². The number of aliphatic carboxylic acids is 1. The number of fused-ring (bicyclic) bond motifs is 1. The van der Waals surface area contributed by atoms with E-state index in [1.165, 1.54) is 12.8 Å². The highest BCUT2D eigenvalue weighted by Crippen LogP contribution is 2.30. The monoisotopic (exact) mass is 383 g/mol. The summed E-state index contributed by atoms with van der Waals surface area (Å²) in [4.78, 5) is 15.7. The second-order valence-electron chi connectivity index (χ2n) is 6.86. The van der Waals surface area contributed by atoms with Crippen molar-refractivity contribution in [3.05, 3.63) is 60.2 Å². The van der Waals surface area contributed by atoms with Crippen molar-refractivity contribution >= 4 is 29.3 Å². The fourth-order valence-electron chi connectivity index (χ4n) is 3.06. The zero-order valence-corrected chi connectivity index (χ0v) is 15.7.